The minimum absolute atomic E-state index is 0.103. The van der Waals surface area contributed by atoms with Gasteiger partial charge in [0.05, 0.1) is 23.5 Å². The van der Waals surface area contributed by atoms with Gasteiger partial charge in [-0.3, -0.25) is 0 Å². The third kappa shape index (κ3) is 4.05. The van der Waals surface area contributed by atoms with Crippen molar-refractivity contribution in [2.75, 3.05) is 18.4 Å². The van der Waals surface area contributed by atoms with E-state index < -0.39 is 5.60 Å². The fraction of sp³-hybridized carbons (Fsp3) is 0.688. The highest BCUT2D eigenvalue weighted by molar-refractivity contribution is 6.30. The second-order valence-corrected chi connectivity index (χ2v) is 8.01. The van der Waals surface area contributed by atoms with Gasteiger partial charge in [-0.2, -0.15) is 0 Å². The standard InChI is InChI=1S/C16H23ClN4O2/c1-15(2,3)23-14(22)21-10-16(4-5-16)6-12(21)9-20-13-18-7-11(17)8-19-13/h7-8,12H,4-6,9-10H2,1-3H3,(H,18,19,20). The van der Waals surface area contributed by atoms with Crippen LogP contribution in [-0.4, -0.2) is 45.7 Å². The molecular formula is C16H23ClN4O2. The van der Waals surface area contributed by atoms with Crippen LogP contribution in [0.25, 0.3) is 0 Å². The fourth-order valence-corrected chi connectivity index (χ4v) is 3.13. The quantitative estimate of drug-likeness (QED) is 0.915. The summed E-state index contributed by atoms with van der Waals surface area (Å²) in [5.74, 6) is 0.523. The van der Waals surface area contributed by atoms with E-state index in [0.29, 0.717) is 22.9 Å². The first kappa shape index (κ1) is 16.3. The van der Waals surface area contributed by atoms with Crippen molar-refractivity contribution in [3.8, 4) is 0 Å². The molecule has 1 saturated carbocycles. The molecule has 126 valence electrons. The Morgan fingerprint density at radius 3 is 2.65 bits per heavy atom. The molecule has 3 rings (SSSR count). The van der Waals surface area contributed by atoms with Gasteiger partial charge in [0.1, 0.15) is 5.60 Å². The minimum atomic E-state index is -0.479. The number of hydrogen-bond donors (Lipinski definition) is 1. The van der Waals surface area contributed by atoms with E-state index in [1.54, 1.807) is 12.4 Å². The van der Waals surface area contributed by atoms with Gasteiger partial charge in [-0.25, -0.2) is 14.8 Å². The van der Waals surface area contributed by atoms with Gasteiger partial charge in [-0.1, -0.05) is 11.6 Å². The molecule has 1 aliphatic carbocycles. The lowest BCUT2D eigenvalue weighted by molar-refractivity contribution is 0.0228. The van der Waals surface area contributed by atoms with Gasteiger partial charge in [0, 0.05) is 13.1 Å². The van der Waals surface area contributed by atoms with Gasteiger partial charge < -0.3 is 15.0 Å². The number of carbonyl (C=O) groups is 1. The number of carbonyl (C=O) groups excluding carboxylic acids is 1. The zero-order chi connectivity index (χ0) is 16.7. The van der Waals surface area contributed by atoms with Crippen LogP contribution in [0.2, 0.25) is 5.02 Å². The lowest BCUT2D eigenvalue weighted by Gasteiger charge is -2.28. The number of likely N-dealkylation sites (tertiary alicyclic amines) is 1. The van der Waals surface area contributed by atoms with Crippen LogP contribution in [0, 0.1) is 5.41 Å². The molecule has 2 aliphatic rings. The first-order chi connectivity index (χ1) is 10.8. The van der Waals surface area contributed by atoms with Crippen molar-refractivity contribution < 1.29 is 9.53 Å². The maximum absolute atomic E-state index is 12.5. The van der Waals surface area contributed by atoms with Crippen molar-refractivity contribution in [3.63, 3.8) is 0 Å². The fourth-order valence-electron chi connectivity index (χ4n) is 3.03. The monoisotopic (exact) mass is 338 g/mol. The van der Waals surface area contributed by atoms with E-state index in [1.165, 1.54) is 12.8 Å². The van der Waals surface area contributed by atoms with E-state index in [0.717, 1.165) is 13.0 Å². The summed E-state index contributed by atoms with van der Waals surface area (Å²) >= 11 is 5.79. The largest absolute Gasteiger partial charge is 0.444 e. The first-order valence-corrected chi connectivity index (χ1v) is 8.35. The van der Waals surface area contributed by atoms with Crippen LogP contribution >= 0.6 is 11.6 Å². The van der Waals surface area contributed by atoms with Crippen LogP contribution in [-0.2, 0) is 4.74 Å². The van der Waals surface area contributed by atoms with Gasteiger partial charge in [-0.05, 0) is 45.4 Å². The van der Waals surface area contributed by atoms with E-state index in [-0.39, 0.29) is 12.1 Å². The summed E-state index contributed by atoms with van der Waals surface area (Å²) in [6, 6.07) is 0.103. The Hall–Kier alpha value is -1.56. The van der Waals surface area contributed by atoms with Gasteiger partial charge >= 0.3 is 6.09 Å². The Morgan fingerprint density at radius 2 is 2.09 bits per heavy atom. The van der Waals surface area contributed by atoms with Crippen LogP contribution in [0.4, 0.5) is 10.7 Å². The molecule has 1 amide bonds. The third-order valence-corrected chi connectivity index (χ3v) is 4.51. The number of nitrogens with one attached hydrogen (secondary N) is 1. The smallest absolute Gasteiger partial charge is 0.410 e. The number of halogens is 1. The molecular weight excluding hydrogens is 316 g/mol. The summed E-state index contributed by atoms with van der Waals surface area (Å²) in [4.78, 5) is 22.6. The molecule has 0 bridgehead atoms. The molecule has 2 heterocycles. The summed E-state index contributed by atoms with van der Waals surface area (Å²) in [6.07, 6.45) is 6.27. The lowest BCUT2D eigenvalue weighted by Crippen LogP contribution is -2.42. The van der Waals surface area contributed by atoms with E-state index >= 15 is 0 Å². The summed E-state index contributed by atoms with van der Waals surface area (Å²) in [5.41, 5.74) is -0.169. The minimum Gasteiger partial charge on any atom is -0.444 e. The SMILES string of the molecule is CC(C)(C)OC(=O)N1CC2(CC2)CC1CNc1ncc(Cl)cn1. The van der Waals surface area contributed by atoms with Crippen LogP contribution in [0.3, 0.4) is 0 Å². The van der Waals surface area contributed by atoms with Crippen LogP contribution < -0.4 is 5.32 Å². The number of anilines is 1. The van der Waals surface area contributed by atoms with Crippen molar-refractivity contribution in [1.82, 2.24) is 14.9 Å². The Morgan fingerprint density at radius 1 is 1.43 bits per heavy atom. The van der Waals surface area contributed by atoms with Gasteiger partial charge in [0.2, 0.25) is 5.95 Å². The number of nitrogens with zero attached hydrogens (tertiary/aromatic N) is 3. The molecule has 2 fully saturated rings. The molecule has 1 aromatic heterocycles. The summed E-state index contributed by atoms with van der Waals surface area (Å²) < 4.78 is 5.55. The summed E-state index contributed by atoms with van der Waals surface area (Å²) in [7, 11) is 0. The zero-order valence-corrected chi connectivity index (χ0v) is 14.6. The van der Waals surface area contributed by atoms with Crippen LogP contribution in [0.15, 0.2) is 12.4 Å². The molecule has 1 saturated heterocycles. The van der Waals surface area contributed by atoms with Crippen molar-refractivity contribution in [3.05, 3.63) is 17.4 Å². The number of aromatic nitrogens is 2. The Bertz CT molecular complexity index is 581. The Kier molecular flexibility index (Phi) is 4.12. The number of hydrogen-bond acceptors (Lipinski definition) is 5. The average Bonchev–Trinajstić information content (AvgIpc) is 3.09. The number of amides is 1. The average molecular weight is 339 g/mol. The topological polar surface area (TPSA) is 67.3 Å². The molecule has 0 radical (unpaired) electrons. The van der Waals surface area contributed by atoms with Crippen molar-refractivity contribution in [2.24, 2.45) is 5.41 Å². The van der Waals surface area contributed by atoms with E-state index in [1.807, 2.05) is 25.7 Å². The highest BCUT2D eigenvalue weighted by Gasteiger charge is 2.53. The van der Waals surface area contributed by atoms with Crippen molar-refractivity contribution in [1.29, 1.82) is 0 Å². The molecule has 1 spiro atoms. The van der Waals surface area contributed by atoms with Crippen LogP contribution in [0.1, 0.15) is 40.0 Å². The molecule has 0 aromatic carbocycles. The third-order valence-electron chi connectivity index (χ3n) is 4.32. The maximum Gasteiger partial charge on any atom is 0.410 e. The molecule has 1 atom stereocenters. The highest BCUT2D eigenvalue weighted by atomic mass is 35.5. The Balaban J connectivity index is 1.63. The predicted molar refractivity (Wildman–Crippen MR) is 88.5 cm³/mol. The highest BCUT2D eigenvalue weighted by Crippen LogP contribution is 2.54. The molecule has 1 aromatic rings. The van der Waals surface area contributed by atoms with Gasteiger partial charge in [-0.15, -0.1) is 0 Å². The first-order valence-electron chi connectivity index (χ1n) is 7.97. The van der Waals surface area contributed by atoms with Gasteiger partial charge in [0.25, 0.3) is 0 Å². The van der Waals surface area contributed by atoms with E-state index in [9.17, 15) is 4.79 Å². The lowest BCUT2D eigenvalue weighted by atomic mass is 10.0. The molecule has 23 heavy (non-hydrogen) atoms. The molecule has 6 nitrogen and oxygen atoms in total. The Labute approximate surface area is 141 Å². The molecule has 7 heteroatoms. The van der Waals surface area contributed by atoms with Crippen LogP contribution in [0.5, 0.6) is 0 Å². The number of ether oxygens (including phenoxy) is 1. The van der Waals surface area contributed by atoms with Crippen molar-refractivity contribution >= 4 is 23.6 Å². The second kappa shape index (κ2) is 5.82. The second-order valence-electron chi connectivity index (χ2n) is 7.57. The molecule has 1 unspecified atom stereocenters. The normalized spacial score (nSPS) is 22.3. The summed E-state index contributed by atoms with van der Waals surface area (Å²) in [6.45, 7) is 7.08. The molecule has 1 aliphatic heterocycles. The predicted octanol–water partition coefficient (Wildman–Crippen LogP) is 3.33. The molecule has 1 N–H and O–H groups in total. The summed E-state index contributed by atoms with van der Waals surface area (Å²) in [5, 5.41) is 3.70. The van der Waals surface area contributed by atoms with Gasteiger partial charge in [0.15, 0.2) is 0 Å². The number of rotatable bonds is 3. The van der Waals surface area contributed by atoms with Crippen molar-refractivity contribution in [2.45, 2.75) is 51.7 Å². The zero-order valence-electron chi connectivity index (χ0n) is 13.8. The van der Waals surface area contributed by atoms with E-state index in [4.69, 9.17) is 16.3 Å². The maximum atomic E-state index is 12.5. The van der Waals surface area contributed by atoms with E-state index in [2.05, 4.69) is 15.3 Å².